The minimum absolute atomic E-state index is 0.0786. The van der Waals surface area contributed by atoms with Gasteiger partial charge in [-0.15, -0.1) is 10.2 Å². The summed E-state index contributed by atoms with van der Waals surface area (Å²) < 4.78 is 6.64. The Labute approximate surface area is 155 Å². The van der Waals surface area contributed by atoms with Crippen molar-refractivity contribution in [1.82, 2.24) is 20.0 Å². The lowest BCUT2D eigenvalue weighted by Gasteiger charge is -2.24. The molecule has 0 radical (unpaired) electrons. The van der Waals surface area contributed by atoms with Crippen LogP contribution in [0, 0.1) is 6.92 Å². The van der Waals surface area contributed by atoms with Gasteiger partial charge in [-0.2, -0.15) is 9.78 Å². The number of halogens is 1. The maximum absolute atomic E-state index is 12.3. The van der Waals surface area contributed by atoms with Crippen LogP contribution in [0.25, 0.3) is 5.82 Å². The Hall–Kier alpha value is -2.93. The Morgan fingerprint density at radius 1 is 1.27 bits per heavy atom. The largest absolute Gasteiger partial charge is 0.480 e. The zero-order valence-corrected chi connectivity index (χ0v) is 15.0. The average Bonchev–Trinajstić information content (AvgIpc) is 2.97. The van der Waals surface area contributed by atoms with E-state index in [4.69, 9.17) is 16.3 Å². The second kappa shape index (κ2) is 6.42. The molecule has 0 unspecified atom stereocenters. The molecule has 8 heteroatoms. The molecule has 1 N–H and O–H groups in total. The Morgan fingerprint density at radius 2 is 2.12 bits per heavy atom. The van der Waals surface area contributed by atoms with Crippen LogP contribution in [0.1, 0.15) is 29.2 Å². The van der Waals surface area contributed by atoms with Crippen LogP contribution in [0.5, 0.6) is 5.88 Å². The molecular weight excluding hydrogens is 354 g/mol. The van der Waals surface area contributed by atoms with E-state index in [0.717, 1.165) is 16.8 Å². The third-order valence-electron chi connectivity index (χ3n) is 4.41. The first kappa shape index (κ1) is 16.5. The first-order chi connectivity index (χ1) is 12.6. The van der Waals surface area contributed by atoms with E-state index < -0.39 is 0 Å². The third-order valence-corrected chi connectivity index (χ3v) is 4.64. The van der Waals surface area contributed by atoms with E-state index in [1.807, 2.05) is 31.2 Å². The molecule has 1 aliphatic rings. The predicted molar refractivity (Wildman–Crippen MR) is 97.0 cm³/mol. The number of carbonyl (C=O) groups is 1. The van der Waals surface area contributed by atoms with Gasteiger partial charge >= 0.3 is 0 Å². The smallest absolute Gasteiger partial charge is 0.233 e. The number of aromatic nitrogens is 4. The predicted octanol–water partition coefficient (Wildman–Crippen LogP) is 3.11. The molecule has 0 saturated heterocycles. The van der Waals surface area contributed by atoms with Crippen molar-refractivity contribution < 1.29 is 9.53 Å². The average molecular weight is 370 g/mol. The van der Waals surface area contributed by atoms with Crippen LogP contribution >= 0.6 is 11.6 Å². The third kappa shape index (κ3) is 2.80. The van der Waals surface area contributed by atoms with E-state index >= 15 is 0 Å². The monoisotopic (exact) mass is 369 g/mol. The molecule has 0 fully saturated rings. The molecule has 0 saturated carbocycles. The molecule has 132 valence electrons. The van der Waals surface area contributed by atoms with Crippen molar-refractivity contribution in [3.63, 3.8) is 0 Å². The van der Waals surface area contributed by atoms with Crippen LogP contribution in [0.2, 0.25) is 5.02 Å². The molecular formula is C18H16ClN5O2. The molecule has 0 aliphatic carbocycles. The van der Waals surface area contributed by atoms with E-state index in [0.29, 0.717) is 29.0 Å². The molecule has 1 amide bonds. The second-order valence-corrected chi connectivity index (χ2v) is 6.49. The number of rotatable bonds is 3. The molecule has 0 bridgehead atoms. The summed E-state index contributed by atoms with van der Waals surface area (Å²) in [5.74, 6) is 1.33. The lowest BCUT2D eigenvalue weighted by molar-refractivity contribution is -0.116. The number of fused-ring (bicyclic) bond motifs is 1. The number of anilines is 1. The SMILES string of the molecule is COc1ccc(-n2nc(C)c3c2NC(=O)C[C@H]3c2cccc(Cl)c2)nn1. The number of nitrogens with one attached hydrogen (secondary N) is 1. The summed E-state index contributed by atoms with van der Waals surface area (Å²) in [5, 5.41) is 16.2. The number of nitrogens with zero attached hydrogens (tertiary/aromatic N) is 4. The quantitative estimate of drug-likeness (QED) is 0.767. The van der Waals surface area contributed by atoms with Crippen LogP contribution in [-0.2, 0) is 4.79 Å². The van der Waals surface area contributed by atoms with Crippen LogP contribution in [0.3, 0.4) is 0 Å². The van der Waals surface area contributed by atoms with Crippen molar-refractivity contribution in [3.8, 4) is 11.7 Å². The first-order valence-electron chi connectivity index (χ1n) is 8.09. The van der Waals surface area contributed by atoms with Crippen LogP contribution < -0.4 is 10.1 Å². The van der Waals surface area contributed by atoms with Crippen molar-refractivity contribution in [2.75, 3.05) is 12.4 Å². The summed E-state index contributed by atoms with van der Waals surface area (Å²) in [5.41, 5.74) is 2.77. The van der Waals surface area contributed by atoms with Crippen molar-refractivity contribution in [3.05, 3.63) is 58.2 Å². The van der Waals surface area contributed by atoms with Gasteiger partial charge in [-0.3, -0.25) is 4.79 Å². The van der Waals surface area contributed by atoms with Gasteiger partial charge in [0.1, 0.15) is 5.82 Å². The number of hydrogen-bond donors (Lipinski definition) is 1. The summed E-state index contributed by atoms with van der Waals surface area (Å²) in [4.78, 5) is 12.3. The highest BCUT2D eigenvalue weighted by molar-refractivity contribution is 6.30. The van der Waals surface area contributed by atoms with Gasteiger partial charge in [0.05, 0.1) is 12.8 Å². The number of aryl methyl sites for hydroxylation is 1. The number of carbonyl (C=O) groups excluding carboxylic acids is 1. The molecule has 26 heavy (non-hydrogen) atoms. The van der Waals surface area contributed by atoms with Gasteiger partial charge in [0.2, 0.25) is 11.8 Å². The molecule has 1 aromatic carbocycles. The molecule has 2 aromatic heterocycles. The topological polar surface area (TPSA) is 81.9 Å². The summed E-state index contributed by atoms with van der Waals surface area (Å²) in [6.45, 7) is 1.92. The number of amides is 1. The van der Waals surface area contributed by atoms with E-state index in [-0.39, 0.29) is 11.8 Å². The number of ether oxygens (including phenoxy) is 1. The Kier molecular flexibility index (Phi) is 4.08. The fourth-order valence-corrected chi connectivity index (χ4v) is 3.45. The number of benzene rings is 1. The highest BCUT2D eigenvalue weighted by atomic mass is 35.5. The molecule has 1 atom stereocenters. The Morgan fingerprint density at radius 3 is 2.81 bits per heavy atom. The van der Waals surface area contributed by atoms with Crippen molar-refractivity contribution >= 4 is 23.3 Å². The van der Waals surface area contributed by atoms with E-state index in [1.54, 1.807) is 16.8 Å². The molecule has 7 nitrogen and oxygen atoms in total. The van der Waals surface area contributed by atoms with Crippen LogP contribution in [0.4, 0.5) is 5.82 Å². The van der Waals surface area contributed by atoms with E-state index in [1.165, 1.54) is 7.11 Å². The normalized spacial score (nSPS) is 16.1. The van der Waals surface area contributed by atoms with Gasteiger partial charge < -0.3 is 10.1 Å². The summed E-state index contributed by atoms with van der Waals surface area (Å²) in [6.07, 6.45) is 0.341. The molecule has 0 spiro atoms. The fraction of sp³-hybridized carbons (Fsp3) is 0.222. The van der Waals surface area contributed by atoms with Crippen molar-refractivity contribution in [2.45, 2.75) is 19.3 Å². The lowest BCUT2D eigenvalue weighted by Crippen LogP contribution is -2.25. The highest BCUT2D eigenvalue weighted by Crippen LogP contribution is 2.40. The van der Waals surface area contributed by atoms with Crippen molar-refractivity contribution in [1.29, 1.82) is 0 Å². The summed E-state index contributed by atoms with van der Waals surface area (Å²) >= 11 is 6.15. The van der Waals surface area contributed by atoms with Crippen molar-refractivity contribution in [2.24, 2.45) is 0 Å². The Bertz CT molecular complexity index is 984. The maximum Gasteiger partial charge on any atom is 0.233 e. The van der Waals surface area contributed by atoms with Crippen LogP contribution in [0.15, 0.2) is 36.4 Å². The first-order valence-corrected chi connectivity index (χ1v) is 8.47. The summed E-state index contributed by atoms with van der Waals surface area (Å²) in [7, 11) is 1.53. The molecule has 3 aromatic rings. The molecule has 4 rings (SSSR count). The zero-order valence-electron chi connectivity index (χ0n) is 14.2. The standard InChI is InChI=1S/C18H16ClN5O2/c1-10-17-13(11-4-3-5-12(19)8-11)9-15(25)20-18(17)24(23-10)14-6-7-16(26-2)22-21-14/h3-8,13H,9H2,1-2H3,(H,20,25)/t13-/m0/s1. The second-order valence-electron chi connectivity index (χ2n) is 6.05. The Balaban J connectivity index is 1.84. The highest BCUT2D eigenvalue weighted by Gasteiger charge is 2.33. The van der Waals surface area contributed by atoms with Gasteiger partial charge in [-0.05, 0) is 30.7 Å². The fourth-order valence-electron chi connectivity index (χ4n) is 3.26. The van der Waals surface area contributed by atoms with E-state index in [9.17, 15) is 4.79 Å². The number of methoxy groups -OCH3 is 1. The maximum atomic E-state index is 12.3. The summed E-state index contributed by atoms with van der Waals surface area (Å²) in [6, 6.07) is 11.0. The van der Waals surface area contributed by atoms with Gasteiger partial charge in [-0.1, -0.05) is 23.7 Å². The minimum Gasteiger partial charge on any atom is -0.480 e. The van der Waals surface area contributed by atoms with Crippen LogP contribution in [-0.4, -0.2) is 33.0 Å². The minimum atomic E-state index is -0.114. The van der Waals surface area contributed by atoms with Gasteiger partial charge in [-0.25, -0.2) is 0 Å². The number of hydrogen-bond acceptors (Lipinski definition) is 5. The molecule has 3 heterocycles. The van der Waals surface area contributed by atoms with Gasteiger partial charge in [0, 0.05) is 29.0 Å². The molecule has 1 aliphatic heterocycles. The van der Waals surface area contributed by atoms with Gasteiger partial charge in [0.25, 0.3) is 0 Å². The van der Waals surface area contributed by atoms with E-state index in [2.05, 4.69) is 20.6 Å². The lowest BCUT2D eigenvalue weighted by atomic mass is 9.86. The zero-order chi connectivity index (χ0) is 18.3. The van der Waals surface area contributed by atoms with Gasteiger partial charge in [0.15, 0.2) is 5.82 Å².